The highest BCUT2D eigenvalue weighted by molar-refractivity contribution is 6.70. The van der Waals surface area contributed by atoms with Gasteiger partial charge in [-0.25, -0.2) is 5.01 Å². The highest BCUT2D eigenvalue weighted by atomic mass is 16.3. The summed E-state index contributed by atoms with van der Waals surface area (Å²) in [5.41, 5.74) is 5.02. The van der Waals surface area contributed by atoms with Gasteiger partial charge in [0.2, 0.25) is 0 Å². The van der Waals surface area contributed by atoms with Crippen molar-refractivity contribution in [2.45, 2.75) is 66.4 Å². The van der Waals surface area contributed by atoms with Crippen molar-refractivity contribution >= 4 is 29.6 Å². The Hall–Kier alpha value is -1.68. The highest BCUT2D eigenvalue weighted by Gasteiger charge is 2.53. The number of hydrogen-bond acceptors (Lipinski definition) is 3. The molecule has 2 aliphatic heterocycles. The molecule has 0 aliphatic carbocycles. The molecule has 4 heteroatoms. The summed E-state index contributed by atoms with van der Waals surface area (Å²) < 4.78 is 6.28. The lowest BCUT2D eigenvalue weighted by Crippen LogP contribution is -2.62. The molecule has 0 amide bonds. The lowest BCUT2D eigenvalue weighted by atomic mass is 9.58. The molecule has 2 aliphatic rings. The van der Waals surface area contributed by atoms with Crippen molar-refractivity contribution in [2.75, 3.05) is 0 Å². The molecule has 2 aromatic rings. The second-order valence-electron chi connectivity index (χ2n) is 9.18. The fraction of sp³-hybridized carbons (Fsp3) is 0.524. The normalized spacial score (nSPS) is 25.4. The van der Waals surface area contributed by atoms with Gasteiger partial charge in [0.05, 0.1) is 0 Å². The number of para-hydroxylation sites is 1. The topological polar surface area (TPSA) is 19.6 Å². The summed E-state index contributed by atoms with van der Waals surface area (Å²) in [4.78, 5) is 2.48. The maximum absolute atomic E-state index is 6.28. The van der Waals surface area contributed by atoms with Gasteiger partial charge in [-0.2, -0.15) is 0 Å². The van der Waals surface area contributed by atoms with Crippen LogP contribution in [0.15, 0.2) is 34.4 Å². The first kappa shape index (κ1) is 16.8. The minimum Gasteiger partial charge on any atom is -0.468 e. The van der Waals surface area contributed by atoms with Crippen molar-refractivity contribution in [3.8, 4) is 0 Å². The van der Waals surface area contributed by atoms with Crippen molar-refractivity contribution in [3.05, 3.63) is 35.5 Å². The fourth-order valence-electron chi connectivity index (χ4n) is 5.27. The average molecular weight is 336 g/mol. The van der Waals surface area contributed by atoms with Gasteiger partial charge in [-0.1, -0.05) is 38.9 Å². The number of benzene rings is 1. The fourth-order valence-corrected chi connectivity index (χ4v) is 5.27. The van der Waals surface area contributed by atoms with Crippen LogP contribution in [0.4, 0.5) is 0 Å². The predicted octanol–water partition coefficient (Wildman–Crippen LogP) is 4.75. The lowest BCUT2D eigenvalue weighted by molar-refractivity contribution is -0.0180. The van der Waals surface area contributed by atoms with E-state index in [1.54, 1.807) is 0 Å². The van der Waals surface area contributed by atoms with Gasteiger partial charge in [0.15, 0.2) is 0 Å². The van der Waals surface area contributed by atoms with Crippen LogP contribution in [0.1, 0.15) is 53.5 Å². The van der Waals surface area contributed by atoms with Crippen molar-refractivity contribution in [2.24, 2.45) is 5.41 Å². The molecule has 1 fully saturated rings. The number of allylic oxidation sites excluding steroid dienone is 1. The minimum absolute atomic E-state index is 0.121. The van der Waals surface area contributed by atoms with Gasteiger partial charge in [0, 0.05) is 28.2 Å². The van der Waals surface area contributed by atoms with Gasteiger partial charge in [-0.05, 0) is 51.7 Å². The Bertz CT molecular complexity index is 864. The van der Waals surface area contributed by atoms with Crippen LogP contribution >= 0.6 is 0 Å². The zero-order chi connectivity index (χ0) is 18.1. The molecule has 4 rings (SSSR count). The molecule has 0 spiro atoms. The maximum Gasteiger partial charge on any atom is 0.346 e. The molecule has 132 valence electrons. The summed E-state index contributed by atoms with van der Waals surface area (Å²) in [7, 11) is 0. The molecular weight excluding hydrogens is 307 g/mol. The molecule has 1 aromatic heterocycles. The van der Waals surface area contributed by atoms with E-state index >= 15 is 0 Å². The summed E-state index contributed by atoms with van der Waals surface area (Å²) in [6.07, 6.45) is 3.49. The van der Waals surface area contributed by atoms with E-state index in [-0.39, 0.29) is 17.8 Å². The molecule has 3 heterocycles. The van der Waals surface area contributed by atoms with Crippen molar-refractivity contribution in [3.63, 3.8) is 0 Å². The first-order chi connectivity index (χ1) is 11.6. The molecule has 0 saturated carbocycles. The van der Waals surface area contributed by atoms with E-state index in [1.807, 2.05) is 6.07 Å². The lowest BCUT2D eigenvalue weighted by Gasteiger charge is -2.48. The van der Waals surface area contributed by atoms with Gasteiger partial charge >= 0.3 is 6.85 Å². The first-order valence-electron chi connectivity index (χ1n) is 9.42. The van der Waals surface area contributed by atoms with E-state index in [1.165, 1.54) is 23.1 Å². The Kier molecular flexibility index (Phi) is 3.47. The monoisotopic (exact) mass is 336 g/mol. The third-order valence-electron chi connectivity index (χ3n) is 6.36. The van der Waals surface area contributed by atoms with E-state index in [0.717, 1.165) is 11.2 Å². The minimum atomic E-state index is 0.121. The first-order valence-corrected chi connectivity index (χ1v) is 9.42. The summed E-state index contributed by atoms with van der Waals surface area (Å²) >= 11 is 0. The Balaban J connectivity index is 1.84. The van der Waals surface area contributed by atoms with Gasteiger partial charge < -0.3 is 9.34 Å². The molecule has 1 unspecified atom stereocenters. The molecule has 0 bridgehead atoms. The number of rotatable bonds is 1. The summed E-state index contributed by atoms with van der Waals surface area (Å²) in [5.74, 6) is 0. The van der Waals surface area contributed by atoms with Crippen LogP contribution in [0.3, 0.4) is 0 Å². The van der Waals surface area contributed by atoms with Crippen LogP contribution in [0.5, 0.6) is 0 Å². The Morgan fingerprint density at radius 2 is 1.84 bits per heavy atom. The van der Waals surface area contributed by atoms with Crippen molar-refractivity contribution in [1.29, 1.82) is 0 Å². The van der Waals surface area contributed by atoms with Crippen LogP contribution in [0.2, 0.25) is 6.82 Å². The number of furan rings is 1. The second kappa shape index (κ2) is 5.17. The van der Waals surface area contributed by atoms with Crippen LogP contribution in [-0.4, -0.2) is 28.4 Å². The zero-order valence-electron chi connectivity index (χ0n) is 16.6. The summed E-state index contributed by atoms with van der Waals surface area (Å²) in [6.45, 7) is 16.6. The summed E-state index contributed by atoms with van der Waals surface area (Å²) in [5, 5.41) is 3.82. The van der Waals surface area contributed by atoms with Gasteiger partial charge in [0.1, 0.15) is 11.2 Å². The number of hydrogen-bond donors (Lipinski definition) is 0. The standard InChI is InChI=1S/C21H29BN2O/c1-14-12-17-16-10-8-9-11-18(16)25-19(17)22(7)24(14)23-15(2)20(3,4)13-21(23,5)6/h8-12,15H,13H2,1-7H3. The maximum atomic E-state index is 6.28. The van der Waals surface area contributed by atoms with Crippen molar-refractivity contribution < 1.29 is 4.42 Å². The third-order valence-corrected chi connectivity index (χ3v) is 6.36. The molecule has 0 radical (unpaired) electrons. The van der Waals surface area contributed by atoms with Gasteiger partial charge in [-0.3, -0.25) is 0 Å². The third kappa shape index (κ3) is 2.30. The quantitative estimate of drug-likeness (QED) is 0.701. The summed E-state index contributed by atoms with van der Waals surface area (Å²) in [6, 6.07) is 8.84. The van der Waals surface area contributed by atoms with Crippen LogP contribution < -0.4 is 5.66 Å². The van der Waals surface area contributed by atoms with Crippen LogP contribution in [0.25, 0.3) is 17.0 Å². The Morgan fingerprint density at radius 1 is 1.16 bits per heavy atom. The molecule has 25 heavy (non-hydrogen) atoms. The second-order valence-corrected chi connectivity index (χ2v) is 9.18. The largest absolute Gasteiger partial charge is 0.468 e. The zero-order valence-corrected chi connectivity index (χ0v) is 16.6. The molecule has 3 nitrogen and oxygen atoms in total. The Morgan fingerprint density at radius 3 is 2.48 bits per heavy atom. The van der Waals surface area contributed by atoms with E-state index < -0.39 is 0 Å². The highest BCUT2D eigenvalue weighted by Crippen LogP contribution is 2.48. The number of hydrazine groups is 1. The van der Waals surface area contributed by atoms with Crippen LogP contribution in [0, 0.1) is 5.41 Å². The van der Waals surface area contributed by atoms with E-state index in [2.05, 4.69) is 82.6 Å². The average Bonchev–Trinajstić information content (AvgIpc) is 2.95. The molecular formula is C21H29BN2O. The number of nitrogens with zero attached hydrogens (tertiary/aromatic N) is 2. The van der Waals surface area contributed by atoms with Gasteiger partial charge in [0.25, 0.3) is 0 Å². The Labute approximate surface area is 151 Å². The van der Waals surface area contributed by atoms with E-state index in [4.69, 9.17) is 4.42 Å². The predicted molar refractivity (Wildman–Crippen MR) is 107 cm³/mol. The van der Waals surface area contributed by atoms with Crippen molar-refractivity contribution in [1.82, 2.24) is 9.93 Å². The van der Waals surface area contributed by atoms with E-state index in [9.17, 15) is 0 Å². The molecule has 1 saturated heterocycles. The number of fused-ring (bicyclic) bond motifs is 3. The molecule has 1 atom stereocenters. The SMILES string of the molecule is CB1c2oc3ccccc3c2C=C(C)N1N1C(C)C(C)(C)CC1(C)C. The van der Waals surface area contributed by atoms with Gasteiger partial charge in [-0.15, -0.1) is 0 Å². The van der Waals surface area contributed by atoms with Crippen LogP contribution in [-0.2, 0) is 0 Å². The van der Waals surface area contributed by atoms with E-state index in [0.29, 0.717) is 6.04 Å². The molecule has 0 N–H and O–H groups in total. The molecule has 1 aromatic carbocycles. The smallest absolute Gasteiger partial charge is 0.346 e.